The van der Waals surface area contributed by atoms with E-state index in [1.807, 2.05) is 18.2 Å². The number of allylic oxidation sites excluding steroid dienone is 2. The molecule has 4 nitrogen and oxygen atoms in total. The fraction of sp³-hybridized carbons (Fsp3) is 0.150. The summed E-state index contributed by atoms with van der Waals surface area (Å²) in [5, 5.41) is 0. The predicted octanol–water partition coefficient (Wildman–Crippen LogP) is 4.51. The largest absolute Gasteiger partial charge is 0.496 e. The Morgan fingerprint density at radius 3 is 2.08 bits per heavy atom. The topological polar surface area (TPSA) is 44.8 Å². The number of carbonyl (C=O) groups is 1. The van der Waals surface area contributed by atoms with Crippen LogP contribution >= 0.6 is 0 Å². The molecule has 2 rings (SSSR count). The van der Waals surface area contributed by atoms with E-state index in [9.17, 15) is 4.79 Å². The Morgan fingerprint density at radius 1 is 1.00 bits per heavy atom. The molecule has 0 saturated carbocycles. The Morgan fingerprint density at radius 2 is 1.58 bits per heavy atom. The molecule has 0 spiro atoms. The Labute approximate surface area is 142 Å². The Kier molecular flexibility index (Phi) is 5.79. The van der Waals surface area contributed by atoms with Gasteiger partial charge < -0.3 is 14.2 Å². The highest BCUT2D eigenvalue weighted by Gasteiger charge is 2.08. The van der Waals surface area contributed by atoms with Crippen molar-refractivity contribution in [2.24, 2.45) is 0 Å². The van der Waals surface area contributed by atoms with Gasteiger partial charge >= 0.3 is 0 Å². The summed E-state index contributed by atoms with van der Waals surface area (Å²) < 4.78 is 16.0. The number of rotatable bonds is 7. The molecule has 0 aliphatic heterocycles. The first-order valence-corrected chi connectivity index (χ1v) is 7.42. The van der Waals surface area contributed by atoms with Crippen LogP contribution in [0.5, 0.6) is 17.2 Å². The standard InChI is InChI=1S/C20H20O4/c1-14(2)24-16-10-8-15(9-11-16)18(21)13-12-17-19(22-3)6-5-7-20(17)23-4/h5-13H,1H2,2-4H3/b13-12+. The van der Waals surface area contributed by atoms with Gasteiger partial charge in [0.2, 0.25) is 0 Å². The zero-order valence-electron chi connectivity index (χ0n) is 14.0. The number of hydrogen-bond acceptors (Lipinski definition) is 4. The predicted molar refractivity (Wildman–Crippen MR) is 94.8 cm³/mol. The van der Waals surface area contributed by atoms with Gasteiger partial charge in [0, 0.05) is 5.56 Å². The van der Waals surface area contributed by atoms with Gasteiger partial charge in [0.05, 0.1) is 25.5 Å². The minimum absolute atomic E-state index is 0.121. The summed E-state index contributed by atoms with van der Waals surface area (Å²) >= 11 is 0. The average molecular weight is 324 g/mol. The number of ether oxygens (including phenoxy) is 3. The molecule has 0 radical (unpaired) electrons. The molecule has 0 saturated heterocycles. The molecule has 0 aromatic heterocycles. The van der Waals surface area contributed by atoms with Crippen molar-refractivity contribution in [3.8, 4) is 17.2 Å². The minimum atomic E-state index is -0.121. The van der Waals surface area contributed by atoms with E-state index in [2.05, 4.69) is 6.58 Å². The highest BCUT2D eigenvalue weighted by atomic mass is 16.5. The van der Waals surface area contributed by atoms with Crippen LogP contribution < -0.4 is 14.2 Å². The summed E-state index contributed by atoms with van der Waals surface area (Å²) in [5.41, 5.74) is 1.28. The van der Waals surface area contributed by atoms with Gasteiger partial charge in [-0.05, 0) is 55.5 Å². The minimum Gasteiger partial charge on any atom is -0.496 e. The summed E-state index contributed by atoms with van der Waals surface area (Å²) in [7, 11) is 3.16. The number of ketones is 1. The maximum atomic E-state index is 12.3. The van der Waals surface area contributed by atoms with Gasteiger partial charge in [-0.2, -0.15) is 0 Å². The van der Waals surface area contributed by atoms with E-state index in [1.165, 1.54) is 6.08 Å². The Balaban J connectivity index is 2.20. The van der Waals surface area contributed by atoms with Gasteiger partial charge in [-0.3, -0.25) is 4.79 Å². The molecule has 24 heavy (non-hydrogen) atoms. The second-order valence-electron chi connectivity index (χ2n) is 5.10. The highest BCUT2D eigenvalue weighted by Crippen LogP contribution is 2.29. The van der Waals surface area contributed by atoms with Crippen LogP contribution in [0.4, 0.5) is 0 Å². The second-order valence-corrected chi connectivity index (χ2v) is 5.10. The van der Waals surface area contributed by atoms with E-state index in [0.717, 1.165) is 5.56 Å². The number of hydrogen-bond donors (Lipinski definition) is 0. The van der Waals surface area contributed by atoms with Gasteiger partial charge in [0.25, 0.3) is 0 Å². The van der Waals surface area contributed by atoms with Crippen LogP contribution in [-0.4, -0.2) is 20.0 Å². The average Bonchev–Trinajstić information content (AvgIpc) is 2.59. The maximum Gasteiger partial charge on any atom is 0.185 e. The maximum absolute atomic E-state index is 12.3. The normalized spacial score (nSPS) is 10.5. The Hall–Kier alpha value is -3.01. The molecule has 0 atom stereocenters. The molecule has 124 valence electrons. The smallest absolute Gasteiger partial charge is 0.185 e. The van der Waals surface area contributed by atoms with E-state index in [4.69, 9.17) is 14.2 Å². The van der Waals surface area contributed by atoms with Gasteiger partial charge in [-0.1, -0.05) is 12.6 Å². The third-order valence-corrected chi connectivity index (χ3v) is 3.30. The third-order valence-electron chi connectivity index (χ3n) is 3.30. The van der Waals surface area contributed by atoms with Gasteiger partial charge in [-0.25, -0.2) is 0 Å². The number of methoxy groups -OCH3 is 2. The summed E-state index contributed by atoms with van der Waals surface area (Å²) in [5.74, 6) is 2.41. The lowest BCUT2D eigenvalue weighted by Crippen LogP contribution is -1.96. The van der Waals surface area contributed by atoms with Crippen molar-refractivity contribution in [1.29, 1.82) is 0 Å². The van der Waals surface area contributed by atoms with Crippen LogP contribution in [0.2, 0.25) is 0 Å². The van der Waals surface area contributed by atoms with Gasteiger partial charge in [0.15, 0.2) is 5.78 Å². The molecule has 0 heterocycles. The first-order chi connectivity index (χ1) is 11.5. The van der Waals surface area contributed by atoms with Gasteiger partial charge in [0.1, 0.15) is 17.2 Å². The molecule has 0 bridgehead atoms. The van der Waals surface area contributed by atoms with E-state index < -0.39 is 0 Å². The summed E-state index contributed by atoms with van der Waals surface area (Å²) in [6.45, 7) is 5.45. The van der Waals surface area contributed by atoms with Crippen molar-refractivity contribution in [3.05, 3.63) is 72.0 Å². The van der Waals surface area contributed by atoms with Crippen molar-refractivity contribution in [2.45, 2.75) is 6.92 Å². The third kappa shape index (κ3) is 4.26. The first-order valence-electron chi connectivity index (χ1n) is 7.42. The molecular formula is C20H20O4. The molecule has 0 amide bonds. The van der Waals surface area contributed by atoms with Crippen molar-refractivity contribution < 1.29 is 19.0 Å². The molecule has 0 aliphatic rings. The lowest BCUT2D eigenvalue weighted by atomic mass is 10.1. The van der Waals surface area contributed by atoms with Crippen LogP contribution in [0, 0.1) is 0 Å². The van der Waals surface area contributed by atoms with Crippen LogP contribution in [0.3, 0.4) is 0 Å². The van der Waals surface area contributed by atoms with Crippen LogP contribution in [0.1, 0.15) is 22.8 Å². The quantitative estimate of drug-likeness (QED) is 0.427. The van der Waals surface area contributed by atoms with E-state index >= 15 is 0 Å². The van der Waals surface area contributed by atoms with Crippen molar-refractivity contribution in [3.63, 3.8) is 0 Å². The number of benzene rings is 2. The zero-order chi connectivity index (χ0) is 17.5. The molecule has 0 unspecified atom stereocenters. The molecule has 0 aliphatic carbocycles. The van der Waals surface area contributed by atoms with Crippen molar-refractivity contribution in [2.75, 3.05) is 14.2 Å². The lowest BCUT2D eigenvalue weighted by Gasteiger charge is -2.09. The summed E-state index contributed by atoms with van der Waals surface area (Å²) in [6, 6.07) is 12.4. The molecule has 2 aromatic carbocycles. The Bertz CT molecular complexity index is 735. The van der Waals surface area contributed by atoms with Crippen molar-refractivity contribution in [1.82, 2.24) is 0 Å². The van der Waals surface area contributed by atoms with E-state index in [1.54, 1.807) is 51.5 Å². The fourth-order valence-corrected chi connectivity index (χ4v) is 2.19. The lowest BCUT2D eigenvalue weighted by molar-refractivity contribution is 0.104. The summed E-state index contributed by atoms with van der Waals surface area (Å²) in [4.78, 5) is 12.3. The van der Waals surface area contributed by atoms with Crippen LogP contribution in [0.15, 0.2) is 60.9 Å². The van der Waals surface area contributed by atoms with Crippen molar-refractivity contribution >= 4 is 11.9 Å². The molecule has 2 aromatic rings. The summed E-state index contributed by atoms with van der Waals surface area (Å²) in [6.07, 6.45) is 3.19. The van der Waals surface area contributed by atoms with Crippen LogP contribution in [0.25, 0.3) is 6.08 Å². The molecular weight excluding hydrogens is 304 g/mol. The van der Waals surface area contributed by atoms with Gasteiger partial charge in [-0.15, -0.1) is 0 Å². The number of carbonyl (C=O) groups excluding carboxylic acids is 1. The molecule has 0 fully saturated rings. The van der Waals surface area contributed by atoms with Crippen LogP contribution in [-0.2, 0) is 0 Å². The van der Waals surface area contributed by atoms with E-state index in [0.29, 0.717) is 28.6 Å². The van der Waals surface area contributed by atoms with E-state index in [-0.39, 0.29) is 5.78 Å². The SMILES string of the molecule is C=C(C)Oc1ccc(C(=O)/C=C/c2c(OC)cccc2OC)cc1. The zero-order valence-corrected chi connectivity index (χ0v) is 14.0. The highest BCUT2D eigenvalue weighted by molar-refractivity contribution is 6.07. The molecule has 4 heteroatoms. The fourth-order valence-electron chi connectivity index (χ4n) is 2.19. The second kappa shape index (κ2) is 8.02. The first kappa shape index (κ1) is 17.3. The monoisotopic (exact) mass is 324 g/mol. The molecule has 0 N–H and O–H groups in total.